The lowest BCUT2D eigenvalue weighted by Gasteiger charge is -2.40. The van der Waals surface area contributed by atoms with E-state index in [1.807, 2.05) is 14.0 Å². The molecule has 1 aliphatic carbocycles. The van der Waals surface area contributed by atoms with E-state index in [4.69, 9.17) is 10.6 Å². The predicted molar refractivity (Wildman–Crippen MR) is 148 cm³/mol. The van der Waals surface area contributed by atoms with Gasteiger partial charge < -0.3 is 26.2 Å². The van der Waals surface area contributed by atoms with Crippen LogP contribution in [-0.2, 0) is 14.4 Å². The van der Waals surface area contributed by atoms with Gasteiger partial charge in [0.1, 0.15) is 11.9 Å². The Labute approximate surface area is 238 Å². The van der Waals surface area contributed by atoms with Gasteiger partial charge in [0.25, 0.3) is 6.08 Å². The van der Waals surface area contributed by atoms with Crippen LogP contribution in [0.4, 0.5) is 23.7 Å². The number of carbonyl (C=O) groups is 3. The molecule has 5 N–H and O–H groups in total. The van der Waals surface area contributed by atoms with Crippen molar-refractivity contribution in [3.63, 3.8) is 0 Å². The highest BCUT2D eigenvalue weighted by molar-refractivity contribution is 5.95. The highest BCUT2D eigenvalue weighted by Gasteiger charge is 2.35. The smallest absolute Gasteiger partial charge is 0.338 e. The van der Waals surface area contributed by atoms with Crippen molar-refractivity contribution in [3.05, 3.63) is 41.2 Å². The van der Waals surface area contributed by atoms with Crippen LogP contribution in [0.2, 0.25) is 0 Å². The highest BCUT2D eigenvalue weighted by atomic mass is 19.3. The number of nitrogens with one attached hydrogen (secondary N) is 3. The lowest BCUT2D eigenvalue weighted by atomic mass is 9.81. The third-order valence-electron chi connectivity index (χ3n) is 8.12. The lowest BCUT2D eigenvalue weighted by molar-refractivity contribution is -0.136. The molecule has 1 heterocycles. The normalized spacial score (nSPS) is 22.0. The second-order valence-electron chi connectivity index (χ2n) is 10.8. The number of hydrogen-bond acceptors (Lipinski definition) is 6. The fourth-order valence-electron chi connectivity index (χ4n) is 5.23. The number of allylic oxidation sites excluding steroid dienone is 1. The van der Waals surface area contributed by atoms with E-state index >= 15 is 4.39 Å². The third kappa shape index (κ3) is 8.43. The molecule has 1 aromatic carbocycles. The summed E-state index contributed by atoms with van der Waals surface area (Å²) in [5.41, 5.74) is 8.75. The maximum Gasteiger partial charge on any atom is 0.339 e. The Kier molecular flexibility index (Phi) is 11.6. The molecule has 41 heavy (non-hydrogen) atoms. The maximum atomic E-state index is 15.2. The largest absolute Gasteiger partial charge is 0.339 e. The Bertz CT molecular complexity index is 1120. The standard InChI is InChI=1S/C28H41F3N6O4/c1-5-41-35-28(40)34-24(27(39)37-13-12-36(4)16(2)15-37)17(3)20-10-11-22(21(29)14-20)33-26(38)23(32)18-6-8-19(9-7-18)25(30)31/h10-11,14,16-18,23-24H,5-9,12-13,15,32H2,1-4H3,(H,33,38)(H2,34,35,40)/t16-,17+,23+,24-/m1/s1. The predicted octanol–water partition coefficient (Wildman–Crippen LogP) is 3.32. The van der Waals surface area contributed by atoms with Gasteiger partial charge >= 0.3 is 6.03 Å². The summed E-state index contributed by atoms with van der Waals surface area (Å²) >= 11 is 0. The van der Waals surface area contributed by atoms with Crippen LogP contribution in [0.25, 0.3) is 0 Å². The molecule has 0 spiro atoms. The Hall–Kier alpha value is -3.16. The second-order valence-corrected chi connectivity index (χ2v) is 10.8. The molecule has 0 radical (unpaired) electrons. The number of nitrogens with two attached hydrogens (primary N) is 1. The van der Waals surface area contributed by atoms with Crippen molar-refractivity contribution in [2.75, 3.05) is 38.6 Å². The number of anilines is 1. The van der Waals surface area contributed by atoms with Crippen molar-refractivity contribution in [3.8, 4) is 0 Å². The van der Waals surface area contributed by atoms with Gasteiger partial charge in [0.15, 0.2) is 0 Å². The molecule has 1 saturated carbocycles. The Balaban J connectivity index is 1.72. The molecule has 0 aromatic heterocycles. The minimum absolute atomic E-state index is 0.0911. The van der Waals surface area contributed by atoms with Gasteiger partial charge in [-0.15, -0.1) is 0 Å². The van der Waals surface area contributed by atoms with Gasteiger partial charge in [-0.1, -0.05) is 13.0 Å². The molecule has 228 valence electrons. The van der Waals surface area contributed by atoms with E-state index in [-0.39, 0.29) is 48.6 Å². The van der Waals surface area contributed by atoms with Gasteiger partial charge in [-0.25, -0.2) is 14.7 Å². The van der Waals surface area contributed by atoms with E-state index in [1.165, 1.54) is 12.1 Å². The molecule has 4 amide bonds. The number of carbonyl (C=O) groups excluding carboxylic acids is 3. The van der Waals surface area contributed by atoms with Crippen molar-refractivity contribution in [2.45, 2.75) is 70.5 Å². The Morgan fingerprint density at radius 2 is 1.85 bits per heavy atom. The molecule has 1 aliphatic heterocycles. The molecule has 1 saturated heterocycles. The fraction of sp³-hybridized carbons (Fsp3) is 0.607. The monoisotopic (exact) mass is 582 g/mol. The summed E-state index contributed by atoms with van der Waals surface area (Å²) in [6, 6.07) is 1.61. The van der Waals surface area contributed by atoms with Gasteiger partial charge in [0, 0.05) is 31.6 Å². The minimum atomic E-state index is -1.68. The van der Waals surface area contributed by atoms with Gasteiger partial charge in [-0.05, 0) is 75.8 Å². The SMILES string of the molecule is CCONC(=O)N[C@@H](C(=O)N1CCN(C)[C@H](C)C1)[C@@H](C)c1ccc(NC(=O)[C@@H](N)C2CCC(=C(F)F)CC2)c(F)c1. The first-order valence-electron chi connectivity index (χ1n) is 14.0. The molecule has 1 aromatic rings. The molecule has 2 fully saturated rings. The van der Waals surface area contributed by atoms with E-state index in [2.05, 4.69) is 21.0 Å². The van der Waals surface area contributed by atoms with Crippen molar-refractivity contribution < 1.29 is 32.4 Å². The number of nitrogens with zero attached hydrogens (tertiary/aromatic N) is 2. The lowest BCUT2D eigenvalue weighted by Crippen LogP contribution is -2.59. The van der Waals surface area contributed by atoms with E-state index in [0.29, 0.717) is 38.0 Å². The number of benzene rings is 1. The molecule has 4 atom stereocenters. The van der Waals surface area contributed by atoms with Crippen LogP contribution in [0.5, 0.6) is 0 Å². The van der Waals surface area contributed by atoms with Crippen LogP contribution in [0.3, 0.4) is 0 Å². The summed E-state index contributed by atoms with van der Waals surface area (Å²) in [7, 11) is 1.98. The number of piperazine rings is 1. The Morgan fingerprint density at radius 1 is 1.17 bits per heavy atom. The number of urea groups is 1. The maximum absolute atomic E-state index is 15.2. The van der Waals surface area contributed by atoms with Crippen LogP contribution in [0, 0.1) is 11.7 Å². The number of likely N-dealkylation sites (N-methyl/N-ethyl adjacent to an activating group) is 1. The zero-order valence-electron chi connectivity index (χ0n) is 24.0. The average molecular weight is 583 g/mol. The van der Waals surface area contributed by atoms with Crippen molar-refractivity contribution >= 4 is 23.5 Å². The molecule has 13 heteroatoms. The number of amides is 4. The minimum Gasteiger partial charge on any atom is -0.338 e. The van der Waals surface area contributed by atoms with Crippen LogP contribution in [0.1, 0.15) is 57.9 Å². The molecule has 3 rings (SSSR count). The first-order valence-corrected chi connectivity index (χ1v) is 14.0. The third-order valence-corrected chi connectivity index (χ3v) is 8.12. The summed E-state index contributed by atoms with van der Waals surface area (Å²) in [6.07, 6.45) is -0.612. The number of hydrogen-bond donors (Lipinski definition) is 4. The van der Waals surface area contributed by atoms with E-state index < -0.39 is 41.8 Å². The molecular weight excluding hydrogens is 541 g/mol. The van der Waals surface area contributed by atoms with Crippen LogP contribution < -0.4 is 21.8 Å². The molecule has 10 nitrogen and oxygen atoms in total. The summed E-state index contributed by atoms with van der Waals surface area (Å²) in [5.74, 6) is -2.56. The van der Waals surface area contributed by atoms with Crippen molar-refractivity contribution in [1.82, 2.24) is 20.6 Å². The first kappa shape index (κ1) is 32.4. The Morgan fingerprint density at radius 3 is 2.44 bits per heavy atom. The number of hydroxylamine groups is 1. The highest BCUT2D eigenvalue weighted by Crippen LogP contribution is 2.33. The number of rotatable bonds is 9. The first-order chi connectivity index (χ1) is 19.4. The molecule has 0 bridgehead atoms. The second kappa shape index (κ2) is 14.6. The molecule has 0 unspecified atom stereocenters. The molecular formula is C28H41F3N6O4. The zero-order chi connectivity index (χ0) is 30.3. The molecule has 2 aliphatic rings. The van der Waals surface area contributed by atoms with Gasteiger partial charge in [0.2, 0.25) is 11.8 Å². The van der Waals surface area contributed by atoms with Gasteiger partial charge in [-0.2, -0.15) is 8.78 Å². The van der Waals surface area contributed by atoms with Gasteiger partial charge in [0.05, 0.1) is 18.3 Å². The summed E-state index contributed by atoms with van der Waals surface area (Å²) in [4.78, 5) is 47.5. The van der Waals surface area contributed by atoms with Crippen LogP contribution in [-0.4, -0.2) is 79.1 Å². The van der Waals surface area contributed by atoms with Crippen molar-refractivity contribution in [1.29, 1.82) is 0 Å². The fourth-order valence-corrected chi connectivity index (χ4v) is 5.23. The van der Waals surface area contributed by atoms with E-state index in [9.17, 15) is 23.2 Å². The van der Waals surface area contributed by atoms with Gasteiger partial charge in [-0.3, -0.25) is 14.4 Å². The average Bonchev–Trinajstić information content (AvgIpc) is 2.96. The van der Waals surface area contributed by atoms with Crippen LogP contribution >= 0.6 is 0 Å². The van der Waals surface area contributed by atoms with E-state index in [0.717, 1.165) is 0 Å². The summed E-state index contributed by atoms with van der Waals surface area (Å²) < 4.78 is 40.9. The van der Waals surface area contributed by atoms with Crippen LogP contribution in [0.15, 0.2) is 29.9 Å². The zero-order valence-corrected chi connectivity index (χ0v) is 24.0. The summed E-state index contributed by atoms with van der Waals surface area (Å²) in [5, 5.41) is 5.16. The van der Waals surface area contributed by atoms with Crippen molar-refractivity contribution in [2.24, 2.45) is 11.7 Å². The van der Waals surface area contributed by atoms with E-state index in [1.54, 1.807) is 24.8 Å². The number of halogens is 3. The summed E-state index contributed by atoms with van der Waals surface area (Å²) in [6.45, 7) is 7.28. The topological polar surface area (TPSA) is 129 Å². The quantitative estimate of drug-likeness (QED) is 0.331.